The maximum Gasteiger partial charge on any atom is 0.350 e. The lowest BCUT2D eigenvalue weighted by atomic mass is 9.82. The Morgan fingerprint density at radius 3 is 2.16 bits per heavy atom. The summed E-state index contributed by atoms with van der Waals surface area (Å²) in [5.74, 6) is -0.432. The van der Waals surface area contributed by atoms with E-state index in [2.05, 4.69) is 29.8 Å². The number of Topliss-reactive ketones (excluding diaryl/α,β-unsaturated/α-hetero) is 3. The van der Waals surface area contributed by atoms with E-state index in [0.717, 1.165) is 37.4 Å². The Kier molecular flexibility index (Phi) is 19.7. The van der Waals surface area contributed by atoms with Crippen LogP contribution in [0.1, 0.15) is 48.3 Å². The normalized spacial score (nSPS) is 15.0. The number of ether oxygens (including phenoxy) is 1. The first kappa shape index (κ1) is 49.6. The largest absolute Gasteiger partial charge is 0.778 e. The predicted octanol–water partition coefficient (Wildman–Crippen LogP) is 3.21. The molecule has 1 fully saturated rings. The second kappa shape index (κ2) is 22.6. The molecule has 1 atom stereocenters. The van der Waals surface area contributed by atoms with Crippen LogP contribution >= 0.6 is 42.4 Å². The van der Waals surface area contributed by atoms with Crippen LogP contribution in [0.4, 0.5) is 0 Å². The van der Waals surface area contributed by atoms with E-state index in [1.807, 2.05) is 5.32 Å². The summed E-state index contributed by atoms with van der Waals surface area (Å²) < 4.78 is 41.1. The summed E-state index contributed by atoms with van der Waals surface area (Å²) in [7, 11) is -7.15. The average molecular weight is 912 g/mol. The van der Waals surface area contributed by atoms with Crippen molar-refractivity contribution in [2.75, 3.05) is 44.5 Å². The van der Waals surface area contributed by atoms with Crippen LogP contribution in [0.3, 0.4) is 0 Å². The number of fused-ring (bicyclic) bond motifs is 1. The third kappa shape index (κ3) is 16.0. The molecule has 3 N–H and O–H groups in total. The Balaban J connectivity index is 0.000000299. The van der Waals surface area contributed by atoms with Gasteiger partial charge in [0.25, 0.3) is 0 Å². The van der Waals surface area contributed by atoms with Gasteiger partial charge in [-0.2, -0.15) is 4.68 Å². The molecule has 1 saturated carbocycles. The Morgan fingerprint density at radius 2 is 1.65 bits per heavy atom. The first-order valence-corrected chi connectivity index (χ1v) is 24.0. The zero-order valence-corrected chi connectivity index (χ0v) is 36.1. The van der Waals surface area contributed by atoms with Crippen molar-refractivity contribution in [1.82, 2.24) is 19.7 Å². The molecule has 0 amide bonds. The standard InChI is InChI=1S/C15H13Cl2N3O2.C14H13ClO5S.C3H8NO5P.C3H9S/c1-2-7-22-13-9-12(10(16)8-11(13)17)20-15(21)19-6-4-3-5-14(19)18-20;1-21(19,20)8-5-6-9(10(15)7-8)14(18)13-11(16)3-2-4-12(13)17;5-3(6)1-4-2-10(7,8)9;1-4(2)3/h1,8-9H,3-7H2;5-7,13H,2-4H2,1H3;4H,1-2H2,(H,5,6)(H2,7,8,9);1-3H3/q;;;+1/p-1. The summed E-state index contributed by atoms with van der Waals surface area (Å²) in [6, 6.07) is 6.75. The molecule has 2 aliphatic rings. The van der Waals surface area contributed by atoms with Crippen LogP contribution in [-0.2, 0) is 52.6 Å². The van der Waals surface area contributed by atoms with Gasteiger partial charge >= 0.3 is 11.7 Å². The second-order valence-corrected chi connectivity index (χ2v) is 20.1. The van der Waals surface area contributed by atoms with E-state index in [0.29, 0.717) is 45.3 Å². The van der Waals surface area contributed by atoms with Gasteiger partial charge < -0.3 is 24.2 Å². The molecule has 16 nitrogen and oxygen atoms in total. The fourth-order valence-corrected chi connectivity index (χ4v) is 6.95. The number of carbonyl (C=O) groups excluding carboxylic acids is 3. The van der Waals surface area contributed by atoms with Gasteiger partial charge in [0.05, 0.1) is 57.2 Å². The predicted molar refractivity (Wildman–Crippen MR) is 217 cm³/mol. The SMILES string of the molecule is C#CCOc1cc(-n2nc3n(c2=O)CCCC3)c(Cl)cc1Cl.CS(=O)(=O)c1ccc(C(=O)C2C(=O)CCCC2=O)c(Cl)c1.C[S+](C)C.O=C(O)CNCP(=O)([O-])O. The third-order valence-electron chi connectivity index (χ3n) is 7.49. The summed E-state index contributed by atoms with van der Waals surface area (Å²) in [5.41, 5.74) is 0.226. The van der Waals surface area contributed by atoms with Gasteiger partial charge in [0.15, 0.2) is 27.2 Å². The lowest BCUT2D eigenvalue weighted by molar-refractivity contribution is -0.193. The molecule has 57 heavy (non-hydrogen) atoms. The number of hydrogen-bond donors (Lipinski definition) is 3. The van der Waals surface area contributed by atoms with Gasteiger partial charge in [-0.15, -0.1) is 11.5 Å². The van der Waals surface area contributed by atoms with Crippen LogP contribution in [0, 0.1) is 18.3 Å². The second-order valence-electron chi connectivity index (χ2n) is 12.8. The summed E-state index contributed by atoms with van der Waals surface area (Å²) in [6.45, 7) is 0.280. The van der Waals surface area contributed by atoms with E-state index >= 15 is 0 Å². The number of rotatable bonds is 10. The number of carboxylic acids is 1. The summed E-state index contributed by atoms with van der Waals surface area (Å²) in [6.07, 6.45) is 15.7. The molecule has 2 heterocycles. The topological polar surface area (TPSA) is 244 Å². The number of hydrogen-bond acceptors (Lipinski definition) is 12. The van der Waals surface area contributed by atoms with Crippen LogP contribution in [-0.4, -0.2) is 101 Å². The highest BCUT2D eigenvalue weighted by Gasteiger charge is 2.37. The highest BCUT2D eigenvalue weighted by Crippen LogP contribution is 2.33. The van der Waals surface area contributed by atoms with Gasteiger partial charge in [0.1, 0.15) is 31.7 Å². The molecule has 0 spiro atoms. The fourth-order valence-electron chi connectivity index (χ4n) is 5.05. The molecule has 1 aliphatic carbocycles. The highest BCUT2D eigenvalue weighted by atomic mass is 35.5. The van der Waals surface area contributed by atoms with Gasteiger partial charge in [-0.3, -0.25) is 29.1 Å². The van der Waals surface area contributed by atoms with Gasteiger partial charge in [-0.25, -0.2) is 13.2 Å². The van der Waals surface area contributed by atoms with E-state index in [1.165, 1.54) is 22.9 Å². The van der Waals surface area contributed by atoms with Crippen LogP contribution in [0.5, 0.6) is 5.75 Å². The minimum absolute atomic E-state index is 0.00216. The lowest BCUT2D eigenvalue weighted by Gasteiger charge is -2.18. The first-order chi connectivity index (χ1) is 26.5. The molecular formula is C35H42Cl3N4O12PS2. The number of aromatic nitrogens is 3. The molecule has 0 bridgehead atoms. The number of benzene rings is 2. The first-order valence-electron chi connectivity index (χ1n) is 16.8. The maximum absolute atomic E-state index is 12.5. The number of aryl methyl sites for hydroxylation is 1. The number of aliphatic carboxylic acids is 1. The number of nitrogens with one attached hydrogen (secondary N) is 1. The quantitative estimate of drug-likeness (QED) is 0.0870. The van der Waals surface area contributed by atoms with E-state index in [4.69, 9.17) is 56.0 Å². The van der Waals surface area contributed by atoms with Crippen LogP contribution in [0.25, 0.3) is 5.69 Å². The molecule has 22 heteroatoms. The van der Waals surface area contributed by atoms with Crippen molar-refractivity contribution in [1.29, 1.82) is 0 Å². The summed E-state index contributed by atoms with van der Waals surface area (Å²) in [5, 5.41) is 14.9. The number of ketones is 3. The fraction of sp³-hybridized carbons (Fsp3) is 0.429. The molecule has 1 unspecified atom stereocenters. The number of carbonyl (C=O) groups is 4. The number of halogens is 3. The monoisotopic (exact) mass is 910 g/mol. The van der Waals surface area contributed by atoms with Crippen molar-refractivity contribution in [2.24, 2.45) is 5.92 Å². The summed E-state index contributed by atoms with van der Waals surface area (Å²) in [4.78, 5) is 76.1. The zero-order chi connectivity index (χ0) is 43.2. The van der Waals surface area contributed by atoms with E-state index in [1.54, 1.807) is 10.6 Å². The number of sulfone groups is 1. The molecule has 0 saturated heterocycles. The Hall–Kier alpha value is -3.50. The van der Waals surface area contributed by atoms with Crippen molar-refractivity contribution in [3.05, 3.63) is 67.3 Å². The smallest absolute Gasteiger partial charge is 0.350 e. The number of nitrogens with zero attached hydrogens (tertiary/aromatic N) is 3. The number of terminal acetylenes is 1. The Labute approximate surface area is 347 Å². The van der Waals surface area contributed by atoms with Gasteiger partial charge in [-0.05, 0) is 54.4 Å². The molecule has 1 aromatic heterocycles. The minimum atomic E-state index is -4.35. The van der Waals surface area contributed by atoms with Gasteiger partial charge in [0.2, 0.25) is 0 Å². The molecule has 1 aliphatic heterocycles. The van der Waals surface area contributed by atoms with Crippen LogP contribution in [0.2, 0.25) is 15.1 Å². The van der Waals surface area contributed by atoms with E-state index in [9.17, 15) is 41.8 Å². The van der Waals surface area contributed by atoms with E-state index in [-0.39, 0.29) is 40.6 Å². The molecule has 5 rings (SSSR count). The molecule has 0 radical (unpaired) electrons. The van der Waals surface area contributed by atoms with Crippen molar-refractivity contribution in [3.8, 4) is 23.8 Å². The van der Waals surface area contributed by atoms with Gasteiger partial charge in [0, 0.05) is 43.7 Å². The van der Waals surface area contributed by atoms with E-state index < -0.39 is 59.5 Å². The maximum atomic E-state index is 12.5. The van der Waals surface area contributed by atoms with Crippen LogP contribution < -0.4 is 20.6 Å². The number of carboxylic acid groups (broad SMARTS) is 1. The molecular weight excluding hydrogens is 870 g/mol. The molecule has 312 valence electrons. The average Bonchev–Trinajstić information content (AvgIpc) is 3.42. The van der Waals surface area contributed by atoms with Crippen molar-refractivity contribution in [2.45, 2.75) is 50.0 Å². The van der Waals surface area contributed by atoms with Crippen molar-refractivity contribution < 1.29 is 51.8 Å². The van der Waals surface area contributed by atoms with Crippen LogP contribution in [0.15, 0.2) is 40.0 Å². The summed E-state index contributed by atoms with van der Waals surface area (Å²) >= 11 is 18.2. The Morgan fingerprint density at radius 1 is 1.04 bits per heavy atom. The Bertz CT molecular complexity index is 2200. The zero-order valence-electron chi connectivity index (χ0n) is 31.3. The molecule has 3 aromatic rings. The lowest BCUT2D eigenvalue weighted by Crippen LogP contribution is -2.35. The molecule has 2 aromatic carbocycles. The van der Waals surface area contributed by atoms with Crippen molar-refractivity contribution >= 4 is 86.4 Å². The minimum Gasteiger partial charge on any atom is -0.778 e. The third-order valence-corrected chi connectivity index (χ3v) is 10.1. The highest BCUT2D eigenvalue weighted by molar-refractivity contribution is 7.94. The van der Waals surface area contributed by atoms with Crippen molar-refractivity contribution in [3.63, 3.8) is 0 Å². The van der Waals surface area contributed by atoms with Gasteiger partial charge in [-0.1, -0.05) is 40.7 Å².